The highest BCUT2D eigenvalue weighted by Gasteiger charge is 2.54. The number of aromatic nitrogens is 3. The van der Waals surface area contributed by atoms with Gasteiger partial charge >= 0.3 is 20.0 Å². The van der Waals surface area contributed by atoms with Gasteiger partial charge in [-0.1, -0.05) is 17.7 Å². The lowest BCUT2D eigenvalue weighted by molar-refractivity contribution is -0.192. The van der Waals surface area contributed by atoms with Crippen molar-refractivity contribution in [1.29, 1.82) is 0 Å². The normalized spacial score (nSPS) is 29.7. The number of fused-ring (bicyclic) bond motifs is 1. The molecule has 230 valence electrons. The Bertz CT molecular complexity index is 1510. The Kier molecular flexibility index (Phi) is 9.16. The van der Waals surface area contributed by atoms with Crippen molar-refractivity contribution in [3.63, 3.8) is 0 Å². The van der Waals surface area contributed by atoms with Gasteiger partial charge in [-0.2, -0.15) is 13.2 Å². The van der Waals surface area contributed by atoms with Crippen molar-refractivity contribution in [2.75, 3.05) is 18.9 Å². The molecule has 42 heavy (non-hydrogen) atoms. The average molecular weight is 643 g/mol. The third kappa shape index (κ3) is 6.68. The number of nitrogens with zero attached hydrogens (tertiary/aromatic N) is 3. The summed E-state index contributed by atoms with van der Waals surface area (Å²) in [6.07, 6.45) is -6.17. The quantitative estimate of drug-likeness (QED) is 0.233. The van der Waals surface area contributed by atoms with Gasteiger partial charge in [-0.25, -0.2) is 23.7 Å². The summed E-state index contributed by atoms with van der Waals surface area (Å²) in [5.41, 5.74) is 4.98. The molecule has 2 aliphatic rings. The molecule has 1 aromatic carbocycles. The van der Waals surface area contributed by atoms with Crippen LogP contribution in [0.25, 0.3) is 11.0 Å². The number of carbonyl (C=O) groups is 1. The molecule has 19 heteroatoms. The van der Waals surface area contributed by atoms with E-state index in [1.54, 1.807) is 12.3 Å². The first-order chi connectivity index (χ1) is 19.5. The highest BCUT2D eigenvalue weighted by molar-refractivity contribution is 7.48. The van der Waals surface area contributed by atoms with E-state index in [0.717, 1.165) is 6.07 Å². The zero-order valence-corrected chi connectivity index (χ0v) is 23.1. The smallest absolute Gasteiger partial charge is 0.475 e. The Morgan fingerprint density at radius 3 is 2.67 bits per heavy atom. The van der Waals surface area contributed by atoms with Gasteiger partial charge in [0.15, 0.2) is 6.23 Å². The minimum absolute atomic E-state index is 0.0422. The third-order valence-electron chi connectivity index (χ3n) is 6.38. The first-order valence-corrected chi connectivity index (χ1v) is 13.8. The predicted molar refractivity (Wildman–Crippen MR) is 136 cm³/mol. The van der Waals surface area contributed by atoms with Gasteiger partial charge in [0.1, 0.15) is 41.4 Å². The molecule has 0 bridgehead atoms. The van der Waals surface area contributed by atoms with Gasteiger partial charge in [-0.3, -0.25) is 13.6 Å². The number of aliphatic carboxylic acids is 1. The summed E-state index contributed by atoms with van der Waals surface area (Å²) in [6, 6.07) is 5.47. The number of anilines is 1. The number of ether oxygens (including phenoxy) is 1. The fraction of sp³-hybridized carbons (Fsp3) is 0.435. The summed E-state index contributed by atoms with van der Waals surface area (Å²) in [5, 5.41) is 29.6. The Labute approximate surface area is 239 Å². The molecule has 5 N–H and O–H groups in total. The van der Waals surface area contributed by atoms with Crippen molar-refractivity contribution in [3.05, 3.63) is 53.2 Å². The Morgan fingerprint density at radius 1 is 1.33 bits per heavy atom. The van der Waals surface area contributed by atoms with E-state index in [1.165, 1.54) is 30.0 Å². The molecular formula is C23H24ClF4N4O9P. The molecular weight excluding hydrogens is 619 g/mol. The molecule has 13 nitrogen and oxygen atoms in total. The first kappa shape index (κ1) is 32.0. The average Bonchev–Trinajstić information content (AvgIpc) is 3.42. The van der Waals surface area contributed by atoms with E-state index in [9.17, 15) is 32.3 Å². The topological polar surface area (TPSA) is 188 Å². The molecule has 0 aliphatic carbocycles. The van der Waals surface area contributed by atoms with Gasteiger partial charge in [0.2, 0.25) is 0 Å². The second-order valence-electron chi connectivity index (χ2n) is 9.34. The summed E-state index contributed by atoms with van der Waals surface area (Å²) in [6.45, 7) is 1.03. The van der Waals surface area contributed by atoms with Gasteiger partial charge < -0.3 is 30.4 Å². The standard InChI is InChI=1S/C21H23ClFN4O7P.C2HF3O2/c1-21(29)17(28)16(33-20(21)27-6-4-13-18(24)25-10-26-19(13)27)9-32-35(30)31-7-5-15(34-35)12-3-2-11(23)8-14(12)22;3-2(4,5)1(6)7/h2-4,6,8,10,15-17,20,28-29H,5,7,9H2,1H3,(H2,24,25,26);(H,6,7)/t15-,16+,17+,20+,21+,35+;/m0./s1. The van der Waals surface area contributed by atoms with Crippen molar-refractivity contribution in [2.24, 2.45) is 0 Å². The van der Waals surface area contributed by atoms with Crippen LogP contribution in [-0.2, 0) is 27.7 Å². The molecule has 2 aliphatic heterocycles. The number of aliphatic hydroxyl groups excluding tert-OH is 1. The number of phosphoric acid groups is 1. The van der Waals surface area contributed by atoms with Gasteiger partial charge in [0.05, 0.1) is 24.7 Å². The van der Waals surface area contributed by atoms with E-state index in [2.05, 4.69) is 9.97 Å². The van der Waals surface area contributed by atoms with Crippen molar-refractivity contribution in [3.8, 4) is 0 Å². The maximum atomic E-state index is 13.4. The fourth-order valence-electron chi connectivity index (χ4n) is 4.28. The van der Waals surface area contributed by atoms with Crippen LogP contribution in [0, 0.1) is 5.82 Å². The largest absolute Gasteiger partial charge is 0.490 e. The van der Waals surface area contributed by atoms with E-state index < -0.39 is 62.5 Å². The first-order valence-electron chi connectivity index (χ1n) is 12.0. The van der Waals surface area contributed by atoms with Crippen LogP contribution in [0.2, 0.25) is 5.02 Å². The molecule has 4 heterocycles. The Balaban J connectivity index is 0.000000517. The highest BCUT2D eigenvalue weighted by Crippen LogP contribution is 2.58. The summed E-state index contributed by atoms with van der Waals surface area (Å²) in [7, 11) is -4.08. The molecule has 2 aromatic heterocycles. The van der Waals surface area contributed by atoms with Gasteiger partial charge in [0, 0.05) is 23.2 Å². The summed E-state index contributed by atoms with van der Waals surface area (Å²) in [5.74, 6) is -3.01. The lowest BCUT2D eigenvalue weighted by Crippen LogP contribution is -2.44. The number of phosphoric ester groups is 1. The van der Waals surface area contributed by atoms with Crippen LogP contribution in [0.3, 0.4) is 0 Å². The predicted octanol–water partition coefficient (Wildman–Crippen LogP) is 3.75. The van der Waals surface area contributed by atoms with Gasteiger partial charge in [0.25, 0.3) is 0 Å². The molecule has 2 saturated heterocycles. The van der Waals surface area contributed by atoms with Crippen LogP contribution in [0.15, 0.2) is 36.8 Å². The lowest BCUT2D eigenvalue weighted by atomic mass is 9.96. The van der Waals surface area contributed by atoms with Gasteiger partial charge in [-0.05, 0) is 25.1 Å². The van der Waals surface area contributed by atoms with E-state index >= 15 is 0 Å². The number of nitrogen functional groups attached to an aromatic ring is 1. The number of benzene rings is 1. The van der Waals surface area contributed by atoms with E-state index in [4.69, 9.17) is 45.5 Å². The molecule has 0 radical (unpaired) electrons. The van der Waals surface area contributed by atoms with Crippen molar-refractivity contribution in [1.82, 2.24) is 14.5 Å². The summed E-state index contributed by atoms with van der Waals surface area (Å²) >= 11 is 6.11. The molecule has 6 atom stereocenters. The second-order valence-corrected chi connectivity index (χ2v) is 11.4. The molecule has 2 fully saturated rings. The maximum absolute atomic E-state index is 13.4. The highest BCUT2D eigenvalue weighted by atomic mass is 35.5. The van der Waals surface area contributed by atoms with Crippen LogP contribution < -0.4 is 5.73 Å². The van der Waals surface area contributed by atoms with Gasteiger partial charge in [-0.15, -0.1) is 0 Å². The van der Waals surface area contributed by atoms with E-state index in [-0.39, 0.29) is 17.4 Å². The van der Waals surface area contributed by atoms with Crippen LogP contribution >= 0.6 is 19.4 Å². The number of carboxylic acid groups (broad SMARTS) is 1. The Hall–Kier alpha value is -2.89. The molecule has 0 spiro atoms. The minimum atomic E-state index is -5.08. The molecule has 3 aromatic rings. The fourth-order valence-corrected chi connectivity index (χ4v) is 5.95. The summed E-state index contributed by atoms with van der Waals surface area (Å²) < 4.78 is 82.0. The van der Waals surface area contributed by atoms with Crippen LogP contribution in [0.4, 0.5) is 23.4 Å². The van der Waals surface area contributed by atoms with Crippen LogP contribution in [0.5, 0.6) is 0 Å². The number of nitrogens with two attached hydrogens (primary N) is 1. The second kappa shape index (κ2) is 12.0. The number of aliphatic hydroxyl groups is 2. The third-order valence-corrected chi connectivity index (χ3v) is 8.19. The number of rotatable bonds is 5. The summed E-state index contributed by atoms with van der Waals surface area (Å²) in [4.78, 5) is 17.0. The lowest BCUT2D eigenvalue weighted by Gasteiger charge is -2.30. The number of halogens is 5. The maximum Gasteiger partial charge on any atom is 0.490 e. The number of carboxylic acids is 1. The molecule has 0 saturated carbocycles. The SMILES string of the molecule is C[C@@]1(O)[C@H](O)[C@@H](CO[P@@]2(=O)OCC[C@@H](c3ccc(F)cc3Cl)O2)O[C@H]1n1ccc2c(N)ncnc21.O=C(O)C(F)(F)F. The number of alkyl halides is 3. The minimum Gasteiger partial charge on any atom is -0.475 e. The van der Waals surface area contributed by atoms with E-state index in [1.807, 2.05) is 0 Å². The van der Waals surface area contributed by atoms with Crippen molar-refractivity contribution in [2.45, 2.75) is 49.7 Å². The van der Waals surface area contributed by atoms with Crippen molar-refractivity contribution < 1.29 is 60.5 Å². The molecule has 0 unspecified atom stereocenters. The van der Waals surface area contributed by atoms with Crippen LogP contribution in [-0.4, -0.2) is 73.0 Å². The number of hydrogen-bond acceptors (Lipinski definition) is 11. The zero-order chi connectivity index (χ0) is 31.0. The zero-order valence-electron chi connectivity index (χ0n) is 21.4. The van der Waals surface area contributed by atoms with E-state index in [0.29, 0.717) is 23.0 Å². The van der Waals surface area contributed by atoms with Crippen LogP contribution in [0.1, 0.15) is 31.2 Å². The van der Waals surface area contributed by atoms with Crippen molar-refractivity contribution >= 4 is 42.2 Å². The molecule has 5 rings (SSSR count). The number of hydrogen-bond donors (Lipinski definition) is 4. The monoisotopic (exact) mass is 642 g/mol. The molecule has 0 amide bonds. The Morgan fingerprint density at radius 2 is 2.02 bits per heavy atom.